The number of hydrogen-bond donors (Lipinski definition) is 1. The molecule has 4 nitrogen and oxygen atoms in total. The van der Waals surface area contributed by atoms with Gasteiger partial charge in [-0.25, -0.2) is 4.98 Å². The van der Waals surface area contributed by atoms with E-state index in [2.05, 4.69) is 27.7 Å². The second kappa shape index (κ2) is 5.87. The molecule has 2 aromatic rings. The number of amides is 1. The second-order valence-corrected chi connectivity index (χ2v) is 5.33. The Balaban J connectivity index is 1.92. The molecule has 0 bridgehead atoms. The van der Waals surface area contributed by atoms with Crippen molar-refractivity contribution in [2.75, 3.05) is 6.54 Å². The quantitative estimate of drug-likeness (QED) is 0.896. The van der Waals surface area contributed by atoms with Gasteiger partial charge in [-0.3, -0.25) is 4.79 Å². The lowest BCUT2D eigenvalue weighted by atomic mass is 10.1. The number of hydrogen-bond acceptors (Lipinski definition) is 2. The van der Waals surface area contributed by atoms with Gasteiger partial charge in [-0.15, -0.1) is 0 Å². The molecule has 0 spiro atoms. The predicted octanol–water partition coefficient (Wildman–Crippen LogP) is 2.35. The number of carbonyl (C=O) groups is 1. The number of fused-ring (bicyclic) bond motifs is 1. The van der Waals surface area contributed by atoms with Crippen molar-refractivity contribution >= 4 is 11.6 Å². The van der Waals surface area contributed by atoms with Crippen LogP contribution in [0.1, 0.15) is 31.7 Å². The largest absolute Gasteiger partial charge is 0.356 e. The molecule has 0 radical (unpaired) electrons. The molecule has 0 aromatic carbocycles. The number of pyridine rings is 1. The molecule has 1 N–H and O–H groups in total. The number of nitrogens with zero attached hydrogens (tertiary/aromatic N) is 2. The normalized spacial score (nSPS) is 11.2. The summed E-state index contributed by atoms with van der Waals surface area (Å²) in [6.07, 6.45) is 3.40. The zero-order valence-corrected chi connectivity index (χ0v) is 11.8. The Morgan fingerprint density at radius 1 is 1.42 bits per heavy atom. The first-order chi connectivity index (χ1) is 9.06. The molecule has 0 unspecified atom stereocenters. The van der Waals surface area contributed by atoms with Crippen LogP contribution < -0.4 is 5.32 Å². The van der Waals surface area contributed by atoms with E-state index in [0.29, 0.717) is 18.9 Å². The van der Waals surface area contributed by atoms with Crippen LogP contribution in [-0.2, 0) is 11.2 Å². The molecule has 0 aliphatic heterocycles. The molecule has 0 atom stereocenters. The van der Waals surface area contributed by atoms with Crippen molar-refractivity contribution in [1.82, 2.24) is 14.7 Å². The molecule has 2 aromatic heterocycles. The summed E-state index contributed by atoms with van der Waals surface area (Å²) >= 11 is 0. The smallest absolute Gasteiger partial charge is 0.220 e. The Labute approximate surface area is 113 Å². The van der Waals surface area contributed by atoms with E-state index in [1.165, 1.54) is 5.69 Å². The van der Waals surface area contributed by atoms with Gasteiger partial charge >= 0.3 is 0 Å². The Bertz CT molecular complexity index is 572. The number of aryl methyl sites for hydroxylation is 1. The van der Waals surface area contributed by atoms with E-state index in [-0.39, 0.29) is 5.91 Å². The van der Waals surface area contributed by atoms with Gasteiger partial charge in [0.1, 0.15) is 5.65 Å². The summed E-state index contributed by atoms with van der Waals surface area (Å²) < 4.78 is 2.07. The minimum atomic E-state index is 0.120. The van der Waals surface area contributed by atoms with Gasteiger partial charge in [0, 0.05) is 31.3 Å². The van der Waals surface area contributed by atoms with Crippen LogP contribution in [0.4, 0.5) is 0 Å². The highest BCUT2D eigenvalue weighted by Crippen LogP contribution is 2.08. The molecule has 0 saturated carbocycles. The summed E-state index contributed by atoms with van der Waals surface area (Å²) in [4.78, 5) is 16.1. The van der Waals surface area contributed by atoms with Gasteiger partial charge in [-0.2, -0.15) is 0 Å². The Morgan fingerprint density at radius 2 is 2.21 bits per heavy atom. The molecule has 2 heterocycles. The lowest BCUT2D eigenvalue weighted by Crippen LogP contribution is -2.26. The maximum Gasteiger partial charge on any atom is 0.220 e. The maximum absolute atomic E-state index is 11.5. The molecule has 0 fully saturated rings. The van der Waals surface area contributed by atoms with Crippen LogP contribution in [0, 0.1) is 12.8 Å². The number of imidazole rings is 1. The summed E-state index contributed by atoms with van der Waals surface area (Å²) in [5, 5.41) is 2.93. The highest BCUT2D eigenvalue weighted by atomic mass is 16.1. The number of rotatable bonds is 5. The zero-order valence-electron chi connectivity index (χ0n) is 11.8. The average molecular weight is 259 g/mol. The highest BCUT2D eigenvalue weighted by Gasteiger charge is 2.06. The van der Waals surface area contributed by atoms with Crippen LogP contribution in [-0.4, -0.2) is 21.8 Å². The minimum absolute atomic E-state index is 0.120. The Hall–Kier alpha value is -1.84. The van der Waals surface area contributed by atoms with Crippen molar-refractivity contribution < 1.29 is 4.79 Å². The summed E-state index contributed by atoms with van der Waals surface area (Å²) in [7, 11) is 0. The monoisotopic (exact) mass is 259 g/mol. The van der Waals surface area contributed by atoms with Gasteiger partial charge < -0.3 is 9.72 Å². The van der Waals surface area contributed by atoms with Gasteiger partial charge in [-0.1, -0.05) is 19.9 Å². The van der Waals surface area contributed by atoms with Crippen molar-refractivity contribution in [3.63, 3.8) is 0 Å². The van der Waals surface area contributed by atoms with E-state index in [1.54, 1.807) is 0 Å². The van der Waals surface area contributed by atoms with E-state index >= 15 is 0 Å². The molecular formula is C15H21N3O. The van der Waals surface area contributed by atoms with Crippen LogP contribution >= 0.6 is 0 Å². The van der Waals surface area contributed by atoms with E-state index in [4.69, 9.17) is 0 Å². The van der Waals surface area contributed by atoms with E-state index < -0.39 is 0 Å². The molecule has 0 aliphatic carbocycles. The van der Waals surface area contributed by atoms with Crippen LogP contribution in [0.25, 0.3) is 5.65 Å². The van der Waals surface area contributed by atoms with Crippen LogP contribution in [0.5, 0.6) is 0 Å². The van der Waals surface area contributed by atoms with E-state index in [1.807, 2.05) is 32.2 Å². The van der Waals surface area contributed by atoms with E-state index in [0.717, 1.165) is 17.8 Å². The number of aromatic nitrogens is 2. The SMILES string of the molecule is Cc1cccc2nc(CCNC(=O)CC(C)C)cn12. The maximum atomic E-state index is 11.5. The molecule has 102 valence electrons. The fraction of sp³-hybridized carbons (Fsp3) is 0.467. The van der Waals surface area contributed by atoms with Gasteiger partial charge in [0.05, 0.1) is 5.69 Å². The van der Waals surface area contributed by atoms with Crippen molar-refractivity contribution in [3.8, 4) is 0 Å². The third-order valence-corrected chi connectivity index (χ3v) is 3.04. The number of carbonyl (C=O) groups excluding carboxylic acids is 1. The molecule has 2 rings (SSSR count). The van der Waals surface area contributed by atoms with Crippen LogP contribution in [0.2, 0.25) is 0 Å². The molecule has 4 heteroatoms. The summed E-state index contributed by atoms with van der Waals surface area (Å²) in [6.45, 7) is 6.80. The molecular weight excluding hydrogens is 238 g/mol. The first-order valence-corrected chi connectivity index (χ1v) is 6.76. The van der Waals surface area contributed by atoms with Gasteiger partial charge in [0.15, 0.2) is 0 Å². The molecule has 0 saturated heterocycles. The first-order valence-electron chi connectivity index (χ1n) is 6.76. The molecule has 19 heavy (non-hydrogen) atoms. The summed E-state index contributed by atoms with van der Waals surface area (Å²) in [5.41, 5.74) is 3.14. The van der Waals surface area contributed by atoms with Crippen molar-refractivity contribution in [1.29, 1.82) is 0 Å². The summed E-state index contributed by atoms with van der Waals surface area (Å²) in [5.74, 6) is 0.521. The van der Waals surface area contributed by atoms with E-state index in [9.17, 15) is 4.79 Å². The highest BCUT2D eigenvalue weighted by molar-refractivity contribution is 5.76. The lowest BCUT2D eigenvalue weighted by Gasteiger charge is -2.05. The Morgan fingerprint density at radius 3 is 2.89 bits per heavy atom. The first kappa shape index (κ1) is 13.6. The van der Waals surface area contributed by atoms with Gasteiger partial charge in [0.2, 0.25) is 5.91 Å². The molecule has 0 aliphatic rings. The van der Waals surface area contributed by atoms with Crippen molar-refractivity contribution in [2.24, 2.45) is 5.92 Å². The fourth-order valence-electron chi connectivity index (χ4n) is 2.09. The molecule has 1 amide bonds. The standard InChI is InChI=1S/C15H21N3O/c1-11(2)9-15(19)16-8-7-13-10-18-12(3)5-4-6-14(18)17-13/h4-6,10-11H,7-9H2,1-3H3,(H,16,19). The fourth-order valence-corrected chi connectivity index (χ4v) is 2.09. The number of nitrogens with one attached hydrogen (secondary N) is 1. The lowest BCUT2D eigenvalue weighted by molar-refractivity contribution is -0.121. The van der Waals surface area contributed by atoms with Crippen LogP contribution in [0.15, 0.2) is 24.4 Å². The van der Waals surface area contributed by atoms with Crippen molar-refractivity contribution in [3.05, 3.63) is 35.8 Å². The zero-order chi connectivity index (χ0) is 13.8. The van der Waals surface area contributed by atoms with Gasteiger partial charge in [-0.05, 0) is 25.0 Å². The average Bonchev–Trinajstić information content (AvgIpc) is 2.72. The third kappa shape index (κ3) is 3.56. The Kier molecular flexibility index (Phi) is 4.20. The van der Waals surface area contributed by atoms with Gasteiger partial charge in [0.25, 0.3) is 0 Å². The topological polar surface area (TPSA) is 46.4 Å². The summed E-state index contributed by atoms with van der Waals surface area (Å²) in [6, 6.07) is 6.06. The van der Waals surface area contributed by atoms with Crippen LogP contribution in [0.3, 0.4) is 0 Å². The third-order valence-electron chi connectivity index (χ3n) is 3.04. The second-order valence-electron chi connectivity index (χ2n) is 5.33. The minimum Gasteiger partial charge on any atom is -0.356 e. The van der Waals surface area contributed by atoms with Crippen molar-refractivity contribution in [2.45, 2.75) is 33.6 Å². The predicted molar refractivity (Wildman–Crippen MR) is 76.1 cm³/mol.